The van der Waals surface area contributed by atoms with E-state index in [9.17, 15) is 9.18 Å². The average molecular weight is 292 g/mol. The molecule has 1 aromatic carbocycles. The summed E-state index contributed by atoms with van der Waals surface area (Å²) in [6.07, 6.45) is 2.23. The number of halogens is 1. The normalized spacial score (nSPS) is 12.2. The first-order chi connectivity index (χ1) is 9.90. The fourth-order valence-electron chi connectivity index (χ4n) is 2.19. The monoisotopic (exact) mass is 292 g/mol. The van der Waals surface area contributed by atoms with Crippen LogP contribution in [0.3, 0.4) is 0 Å². The second-order valence-electron chi connectivity index (χ2n) is 5.88. The highest BCUT2D eigenvalue weighted by molar-refractivity contribution is 6.01. The molecule has 0 saturated heterocycles. The van der Waals surface area contributed by atoms with Gasteiger partial charge < -0.3 is 10.7 Å². The van der Waals surface area contributed by atoms with Gasteiger partial charge in [-0.25, -0.2) is 4.39 Å². The Bertz CT molecular complexity index is 485. The highest BCUT2D eigenvalue weighted by atomic mass is 19.1. The third-order valence-electron chi connectivity index (χ3n) is 3.47. The van der Waals surface area contributed by atoms with Gasteiger partial charge in [0.05, 0.1) is 5.92 Å². The predicted octanol–water partition coefficient (Wildman–Crippen LogP) is 3.58. The third-order valence-corrected chi connectivity index (χ3v) is 3.47. The molecule has 0 aliphatic carbocycles. The smallest absolute Gasteiger partial charge is 0.228 e. The van der Waals surface area contributed by atoms with Crippen LogP contribution in [0.25, 0.3) is 0 Å². The van der Waals surface area contributed by atoms with Crippen LogP contribution in [0.4, 0.5) is 4.39 Å². The Hall–Kier alpha value is -1.71. The number of amides is 1. The van der Waals surface area contributed by atoms with E-state index in [0.717, 1.165) is 12.0 Å². The van der Waals surface area contributed by atoms with Gasteiger partial charge in [0, 0.05) is 12.3 Å². The molecule has 2 N–H and O–H groups in total. The molecule has 0 saturated carbocycles. The summed E-state index contributed by atoms with van der Waals surface area (Å²) in [7, 11) is 0. The Labute approximate surface area is 126 Å². The van der Waals surface area contributed by atoms with Crippen LogP contribution in [0.2, 0.25) is 0 Å². The highest BCUT2D eigenvalue weighted by Crippen LogP contribution is 2.14. The van der Waals surface area contributed by atoms with E-state index in [1.165, 1.54) is 12.1 Å². The summed E-state index contributed by atoms with van der Waals surface area (Å²) >= 11 is 0. The molecule has 1 atom stereocenters. The molecule has 0 heterocycles. The van der Waals surface area contributed by atoms with Crippen molar-refractivity contribution < 1.29 is 9.18 Å². The van der Waals surface area contributed by atoms with E-state index in [-0.39, 0.29) is 17.6 Å². The number of benzene rings is 1. The van der Waals surface area contributed by atoms with Crippen LogP contribution in [0.15, 0.2) is 24.3 Å². The second-order valence-corrected chi connectivity index (χ2v) is 5.88. The summed E-state index contributed by atoms with van der Waals surface area (Å²) in [5.74, 6) is -0.185. The standard InChI is InChI=1S/C17H25FN2O/c1-12(2)7-8-16(13(3)19)17(21)20-10-9-14-5-4-6-15(18)11-14/h4-6,11-12,16,19H,7-10H2,1-3H3,(H,20,21). The molecule has 0 bridgehead atoms. The summed E-state index contributed by atoms with van der Waals surface area (Å²) in [5, 5.41) is 10.6. The van der Waals surface area contributed by atoms with Crippen LogP contribution in [0.1, 0.15) is 39.2 Å². The molecule has 3 nitrogen and oxygen atoms in total. The Morgan fingerprint density at radius 2 is 2.05 bits per heavy atom. The van der Waals surface area contributed by atoms with Gasteiger partial charge in [0.15, 0.2) is 0 Å². The van der Waals surface area contributed by atoms with Gasteiger partial charge >= 0.3 is 0 Å². The Balaban J connectivity index is 2.44. The number of rotatable bonds is 8. The number of nitrogens with one attached hydrogen (secondary N) is 2. The topological polar surface area (TPSA) is 53.0 Å². The van der Waals surface area contributed by atoms with Crippen molar-refractivity contribution in [2.75, 3.05) is 6.54 Å². The van der Waals surface area contributed by atoms with E-state index in [1.807, 2.05) is 6.07 Å². The first-order valence-electron chi connectivity index (χ1n) is 7.47. The number of hydrogen-bond acceptors (Lipinski definition) is 2. The number of hydrogen-bond donors (Lipinski definition) is 2. The highest BCUT2D eigenvalue weighted by Gasteiger charge is 2.20. The SMILES string of the molecule is CC(=N)C(CCC(C)C)C(=O)NCCc1cccc(F)c1. The minimum Gasteiger partial charge on any atom is -0.355 e. The van der Waals surface area contributed by atoms with E-state index in [1.54, 1.807) is 13.0 Å². The lowest BCUT2D eigenvalue weighted by Crippen LogP contribution is -2.35. The maximum Gasteiger partial charge on any atom is 0.228 e. The second kappa shape index (κ2) is 8.55. The van der Waals surface area contributed by atoms with E-state index in [4.69, 9.17) is 5.41 Å². The van der Waals surface area contributed by atoms with Crippen molar-refractivity contribution in [3.63, 3.8) is 0 Å². The van der Waals surface area contributed by atoms with E-state index in [0.29, 0.717) is 31.0 Å². The maximum absolute atomic E-state index is 13.0. The van der Waals surface area contributed by atoms with Crippen LogP contribution in [0.5, 0.6) is 0 Å². The first kappa shape index (κ1) is 17.3. The molecule has 4 heteroatoms. The minimum absolute atomic E-state index is 0.0976. The molecule has 116 valence electrons. The van der Waals surface area contributed by atoms with Crippen molar-refractivity contribution >= 4 is 11.6 Å². The van der Waals surface area contributed by atoms with E-state index in [2.05, 4.69) is 19.2 Å². The molecule has 0 aromatic heterocycles. The lowest BCUT2D eigenvalue weighted by molar-refractivity contribution is -0.123. The number of carbonyl (C=O) groups is 1. The van der Waals surface area contributed by atoms with Crippen molar-refractivity contribution in [1.29, 1.82) is 5.41 Å². The van der Waals surface area contributed by atoms with Crippen LogP contribution >= 0.6 is 0 Å². The minimum atomic E-state index is -0.347. The molecular weight excluding hydrogens is 267 g/mol. The Morgan fingerprint density at radius 1 is 1.33 bits per heavy atom. The van der Waals surface area contributed by atoms with Gasteiger partial charge in [0.1, 0.15) is 5.82 Å². The molecule has 1 rings (SSSR count). The van der Waals surface area contributed by atoms with Crippen molar-refractivity contribution in [3.05, 3.63) is 35.6 Å². The van der Waals surface area contributed by atoms with Crippen molar-refractivity contribution in [2.45, 2.75) is 40.0 Å². The first-order valence-corrected chi connectivity index (χ1v) is 7.47. The largest absolute Gasteiger partial charge is 0.355 e. The lowest BCUT2D eigenvalue weighted by Gasteiger charge is -2.17. The molecule has 1 amide bonds. The van der Waals surface area contributed by atoms with Gasteiger partial charge in [0.2, 0.25) is 5.91 Å². The van der Waals surface area contributed by atoms with Crippen molar-refractivity contribution in [2.24, 2.45) is 11.8 Å². The van der Waals surface area contributed by atoms with Gasteiger partial charge in [-0.3, -0.25) is 4.79 Å². The summed E-state index contributed by atoms with van der Waals surface area (Å²) in [6.45, 7) is 6.36. The van der Waals surface area contributed by atoms with Crippen LogP contribution in [-0.2, 0) is 11.2 Å². The van der Waals surface area contributed by atoms with Gasteiger partial charge in [-0.2, -0.15) is 0 Å². The average Bonchev–Trinajstić information content (AvgIpc) is 2.38. The summed E-state index contributed by atoms with van der Waals surface area (Å²) in [5.41, 5.74) is 1.26. The van der Waals surface area contributed by atoms with Crippen LogP contribution in [0, 0.1) is 23.1 Å². The van der Waals surface area contributed by atoms with Gasteiger partial charge in [-0.1, -0.05) is 26.0 Å². The molecule has 21 heavy (non-hydrogen) atoms. The summed E-state index contributed by atoms with van der Waals surface area (Å²) < 4.78 is 13.0. The Morgan fingerprint density at radius 3 is 2.62 bits per heavy atom. The zero-order valence-electron chi connectivity index (χ0n) is 13.1. The van der Waals surface area contributed by atoms with E-state index < -0.39 is 0 Å². The molecule has 1 aromatic rings. The molecule has 0 fully saturated rings. The molecule has 0 aliphatic rings. The zero-order valence-corrected chi connectivity index (χ0v) is 13.1. The fourth-order valence-corrected chi connectivity index (χ4v) is 2.19. The zero-order chi connectivity index (χ0) is 15.8. The van der Waals surface area contributed by atoms with Crippen LogP contribution in [-0.4, -0.2) is 18.2 Å². The fraction of sp³-hybridized carbons (Fsp3) is 0.529. The predicted molar refractivity (Wildman–Crippen MR) is 84.1 cm³/mol. The Kier molecular flexibility index (Phi) is 7.06. The van der Waals surface area contributed by atoms with Crippen molar-refractivity contribution in [3.8, 4) is 0 Å². The molecular formula is C17H25FN2O. The molecule has 0 spiro atoms. The maximum atomic E-state index is 13.0. The van der Waals surface area contributed by atoms with Gasteiger partial charge in [-0.05, 0) is 49.8 Å². The number of carbonyl (C=O) groups excluding carboxylic acids is 1. The van der Waals surface area contributed by atoms with Gasteiger partial charge in [0.25, 0.3) is 0 Å². The van der Waals surface area contributed by atoms with Crippen molar-refractivity contribution in [1.82, 2.24) is 5.32 Å². The molecule has 1 unspecified atom stereocenters. The van der Waals surface area contributed by atoms with Gasteiger partial charge in [-0.15, -0.1) is 0 Å². The lowest BCUT2D eigenvalue weighted by atomic mass is 9.93. The van der Waals surface area contributed by atoms with Crippen LogP contribution < -0.4 is 5.32 Å². The quantitative estimate of drug-likeness (QED) is 0.707. The summed E-state index contributed by atoms with van der Waals surface area (Å²) in [6, 6.07) is 6.39. The van der Waals surface area contributed by atoms with E-state index >= 15 is 0 Å². The third kappa shape index (κ3) is 6.52. The molecule has 0 radical (unpaired) electrons. The summed E-state index contributed by atoms with van der Waals surface area (Å²) in [4.78, 5) is 12.1. The molecule has 0 aliphatic heterocycles.